The fourth-order valence-corrected chi connectivity index (χ4v) is 8.52. The molecule has 8 nitrogen and oxygen atoms in total. The molecule has 2 saturated heterocycles. The van der Waals surface area contributed by atoms with Crippen LogP contribution in [0.1, 0.15) is 38.2 Å². The van der Waals surface area contributed by atoms with Crippen molar-refractivity contribution in [2.75, 3.05) is 31.6 Å². The number of halogens is 2. The molecule has 0 saturated carbocycles. The van der Waals surface area contributed by atoms with Gasteiger partial charge in [0.05, 0.1) is 10.9 Å². The molecule has 0 aromatic heterocycles. The highest BCUT2D eigenvalue weighted by Crippen LogP contribution is 2.35. The zero-order valence-electron chi connectivity index (χ0n) is 25.3. The first-order valence-electron chi connectivity index (χ1n) is 15.4. The standard InChI is InChI=1S/C34H40F2N4O4S/c1-23-21-38-22-27(40(23)45(42,43)28-10-3-2-4-11-28)14-15-29-30(36)12-7-13-31(29)39-34(41)33(37)32(24-16-18-44-19-17-24)25-8-5-6-9-26(35)20-25/h2-4,7,9-13,20,23-24,27,32-33,38H,8,14-19,21-22,37H2,1H3,(H,39,41)/t23-,27-,32?,33-/m0/s1. The number of carbonyl (C=O) groups is 1. The summed E-state index contributed by atoms with van der Waals surface area (Å²) in [5.41, 5.74) is 7.82. The first-order valence-corrected chi connectivity index (χ1v) is 16.9. The topological polar surface area (TPSA) is 114 Å². The number of nitrogens with zero attached hydrogens (tertiary/aromatic N) is 1. The molecule has 2 fully saturated rings. The second-order valence-electron chi connectivity index (χ2n) is 11.9. The molecule has 4 N–H and O–H groups in total. The second kappa shape index (κ2) is 14.8. The maximum atomic E-state index is 15.3. The van der Waals surface area contributed by atoms with Crippen LogP contribution in [-0.4, -0.2) is 63.1 Å². The maximum absolute atomic E-state index is 15.3. The van der Waals surface area contributed by atoms with Crippen molar-refractivity contribution in [2.24, 2.45) is 17.6 Å². The number of sulfonamides is 1. The highest BCUT2D eigenvalue weighted by molar-refractivity contribution is 7.89. The van der Waals surface area contributed by atoms with Crippen LogP contribution < -0.4 is 16.4 Å². The van der Waals surface area contributed by atoms with Gasteiger partial charge in [0.25, 0.3) is 0 Å². The Kier molecular flexibility index (Phi) is 10.8. The molecule has 1 amide bonds. The van der Waals surface area contributed by atoms with Crippen molar-refractivity contribution in [3.05, 3.63) is 83.5 Å². The fourth-order valence-electron chi connectivity index (χ4n) is 6.65. The Bertz CT molecular complexity index is 1600. The summed E-state index contributed by atoms with van der Waals surface area (Å²) in [5, 5.41) is 6.14. The summed E-state index contributed by atoms with van der Waals surface area (Å²) in [6.07, 6.45) is 4.73. The quantitative estimate of drug-likeness (QED) is 0.335. The van der Waals surface area contributed by atoms with Crippen molar-refractivity contribution in [3.63, 3.8) is 0 Å². The van der Waals surface area contributed by atoms with Crippen LogP contribution in [0.15, 0.2) is 77.0 Å². The molecule has 3 aliphatic rings. The van der Waals surface area contributed by atoms with Gasteiger partial charge in [-0.1, -0.05) is 36.1 Å². The number of rotatable bonds is 10. The molecular weight excluding hydrogens is 598 g/mol. The third-order valence-electron chi connectivity index (χ3n) is 8.86. The van der Waals surface area contributed by atoms with Gasteiger partial charge in [-0.25, -0.2) is 17.2 Å². The van der Waals surface area contributed by atoms with Crippen molar-refractivity contribution in [1.29, 1.82) is 0 Å². The van der Waals surface area contributed by atoms with E-state index in [1.54, 1.807) is 36.4 Å². The van der Waals surface area contributed by atoms with E-state index in [1.165, 1.54) is 28.6 Å². The van der Waals surface area contributed by atoms with E-state index in [2.05, 4.69) is 22.5 Å². The molecule has 0 radical (unpaired) electrons. The van der Waals surface area contributed by atoms with Crippen LogP contribution >= 0.6 is 0 Å². The molecule has 2 aromatic carbocycles. The molecular formula is C34H40F2N4O4S. The summed E-state index contributed by atoms with van der Waals surface area (Å²) >= 11 is 0. The molecule has 2 aliphatic heterocycles. The van der Waals surface area contributed by atoms with Crippen LogP contribution in [0.25, 0.3) is 0 Å². The Hall–Kier alpha value is -3.40. The van der Waals surface area contributed by atoms with Crippen molar-refractivity contribution in [3.8, 4) is 11.8 Å². The smallest absolute Gasteiger partial charge is 0.243 e. The third kappa shape index (κ3) is 7.71. The van der Waals surface area contributed by atoms with Gasteiger partial charge in [-0.2, -0.15) is 4.31 Å². The number of allylic oxidation sites excluding steroid dienone is 3. The number of benzene rings is 2. The van der Waals surface area contributed by atoms with Gasteiger partial charge in [-0.05, 0) is 74.4 Å². The Morgan fingerprint density at radius 1 is 1.13 bits per heavy atom. The van der Waals surface area contributed by atoms with E-state index in [0.29, 0.717) is 51.1 Å². The lowest BCUT2D eigenvalue weighted by Gasteiger charge is -2.40. The summed E-state index contributed by atoms with van der Waals surface area (Å²) in [7, 11) is -3.79. The van der Waals surface area contributed by atoms with Gasteiger partial charge in [0.1, 0.15) is 11.6 Å². The fraction of sp³-hybridized carbons (Fsp3) is 0.441. The van der Waals surface area contributed by atoms with E-state index in [1.807, 2.05) is 6.92 Å². The monoisotopic (exact) mass is 638 g/mol. The van der Waals surface area contributed by atoms with Gasteiger partial charge in [0, 0.05) is 68.1 Å². The van der Waals surface area contributed by atoms with Gasteiger partial charge >= 0.3 is 0 Å². The second-order valence-corrected chi connectivity index (χ2v) is 13.7. The Morgan fingerprint density at radius 3 is 2.64 bits per heavy atom. The van der Waals surface area contributed by atoms with Gasteiger partial charge in [-0.15, -0.1) is 0 Å². The molecule has 2 heterocycles. The van der Waals surface area contributed by atoms with Crippen molar-refractivity contribution in [2.45, 2.75) is 62.0 Å². The van der Waals surface area contributed by atoms with Crippen molar-refractivity contribution >= 4 is 21.6 Å². The van der Waals surface area contributed by atoms with Crippen LogP contribution in [0.5, 0.6) is 0 Å². The Morgan fingerprint density at radius 2 is 1.89 bits per heavy atom. The van der Waals surface area contributed by atoms with Gasteiger partial charge in [0.15, 0.2) is 0 Å². The molecule has 0 spiro atoms. The zero-order valence-corrected chi connectivity index (χ0v) is 26.2. The van der Waals surface area contributed by atoms with Crippen molar-refractivity contribution in [1.82, 2.24) is 9.62 Å². The predicted molar refractivity (Wildman–Crippen MR) is 170 cm³/mol. The number of carbonyl (C=O) groups excluding carboxylic acids is 1. The van der Waals surface area contributed by atoms with E-state index >= 15 is 4.39 Å². The van der Waals surface area contributed by atoms with Crippen LogP contribution in [0, 0.1) is 29.5 Å². The number of piperazine rings is 1. The molecule has 1 unspecified atom stereocenters. The first-order chi connectivity index (χ1) is 21.7. The highest BCUT2D eigenvalue weighted by atomic mass is 32.2. The van der Waals surface area contributed by atoms with E-state index in [4.69, 9.17) is 10.5 Å². The van der Waals surface area contributed by atoms with E-state index in [0.717, 1.165) is 0 Å². The summed E-state index contributed by atoms with van der Waals surface area (Å²) in [4.78, 5) is 13.9. The molecule has 11 heteroatoms. The minimum Gasteiger partial charge on any atom is -0.381 e. The molecule has 0 bridgehead atoms. The highest BCUT2D eigenvalue weighted by Gasteiger charge is 2.38. The van der Waals surface area contributed by atoms with E-state index < -0.39 is 45.6 Å². The maximum Gasteiger partial charge on any atom is 0.243 e. The van der Waals surface area contributed by atoms with Crippen LogP contribution in [0.2, 0.25) is 0 Å². The number of hydrogen-bond donors (Lipinski definition) is 3. The lowest BCUT2D eigenvalue weighted by Crippen LogP contribution is -2.58. The summed E-state index contributed by atoms with van der Waals surface area (Å²) < 4.78 is 64.1. The number of nitrogens with one attached hydrogen (secondary N) is 2. The largest absolute Gasteiger partial charge is 0.381 e. The van der Waals surface area contributed by atoms with Gasteiger partial charge in [-0.3, -0.25) is 4.79 Å². The lowest BCUT2D eigenvalue weighted by atomic mass is 9.75. The molecule has 5 rings (SSSR count). The van der Waals surface area contributed by atoms with Gasteiger partial charge < -0.3 is 21.1 Å². The van der Waals surface area contributed by atoms with Crippen molar-refractivity contribution < 1.29 is 26.7 Å². The number of hydrogen-bond acceptors (Lipinski definition) is 6. The number of ether oxygens (including phenoxy) is 1. The van der Waals surface area contributed by atoms with Crippen LogP contribution in [-0.2, 0) is 26.0 Å². The zero-order chi connectivity index (χ0) is 32.0. The molecule has 45 heavy (non-hydrogen) atoms. The average Bonchev–Trinajstić information content (AvgIpc) is 3.25. The minimum atomic E-state index is -3.79. The SMILES string of the molecule is C[C@H]1CNC[C@H](CCc2c(F)cccc2NC(=O)[C@@H](N)C(C2=CC(F)=CC#CC2)C2CCOCC2)N1S(=O)(=O)c1ccccc1. The predicted octanol–water partition coefficient (Wildman–Crippen LogP) is 4.31. The minimum absolute atomic E-state index is 0.0104. The van der Waals surface area contributed by atoms with Crippen LogP contribution in [0.4, 0.5) is 14.5 Å². The lowest BCUT2D eigenvalue weighted by molar-refractivity contribution is -0.119. The molecule has 4 atom stereocenters. The number of nitrogens with two attached hydrogens (primary N) is 1. The number of amides is 1. The average molecular weight is 639 g/mol. The summed E-state index contributed by atoms with van der Waals surface area (Å²) in [5.74, 6) is 3.61. The van der Waals surface area contributed by atoms with Gasteiger partial charge in [0.2, 0.25) is 15.9 Å². The van der Waals surface area contributed by atoms with Crippen LogP contribution in [0.3, 0.4) is 0 Å². The van der Waals surface area contributed by atoms with E-state index in [9.17, 15) is 17.6 Å². The normalized spacial score (nSPS) is 22.7. The summed E-state index contributed by atoms with van der Waals surface area (Å²) in [6.45, 7) is 3.80. The Labute approximate surface area is 264 Å². The molecule has 240 valence electrons. The number of anilines is 1. The molecule has 1 aliphatic carbocycles. The summed E-state index contributed by atoms with van der Waals surface area (Å²) in [6, 6.07) is 10.9. The van der Waals surface area contributed by atoms with E-state index in [-0.39, 0.29) is 40.9 Å². The third-order valence-corrected chi connectivity index (χ3v) is 10.9. The Balaban J connectivity index is 1.36. The first kappa shape index (κ1) is 33.0. The molecule has 2 aromatic rings.